The van der Waals surface area contributed by atoms with E-state index in [0.717, 1.165) is 5.56 Å². The highest BCUT2D eigenvalue weighted by Gasteiger charge is 2.27. The second kappa shape index (κ2) is 5.81. The van der Waals surface area contributed by atoms with Crippen molar-refractivity contribution in [3.63, 3.8) is 0 Å². The Morgan fingerprint density at radius 3 is 2.77 bits per heavy atom. The lowest BCUT2D eigenvalue weighted by atomic mass is 10.1. The SMILES string of the molecule is CC(=O)COc1ccc2c(c1)OC(=Cc1ccncc1)C2=O. The number of aromatic nitrogens is 1. The summed E-state index contributed by atoms with van der Waals surface area (Å²) in [7, 11) is 0. The topological polar surface area (TPSA) is 65.5 Å². The van der Waals surface area contributed by atoms with E-state index < -0.39 is 0 Å². The molecule has 0 N–H and O–H groups in total. The van der Waals surface area contributed by atoms with E-state index in [1.807, 2.05) is 0 Å². The minimum absolute atomic E-state index is 0.00750. The van der Waals surface area contributed by atoms with Crippen LogP contribution in [-0.2, 0) is 4.79 Å². The zero-order valence-electron chi connectivity index (χ0n) is 11.9. The van der Waals surface area contributed by atoms with Crippen LogP contribution in [0.1, 0.15) is 22.8 Å². The van der Waals surface area contributed by atoms with E-state index >= 15 is 0 Å². The third-order valence-corrected chi connectivity index (χ3v) is 3.09. The van der Waals surface area contributed by atoms with E-state index in [2.05, 4.69) is 4.98 Å². The minimum Gasteiger partial charge on any atom is -0.486 e. The van der Waals surface area contributed by atoms with Crippen molar-refractivity contribution in [1.29, 1.82) is 0 Å². The van der Waals surface area contributed by atoms with Gasteiger partial charge >= 0.3 is 0 Å². The van der Waals surface area contributed by atoms with E-state index in [1.54, 1.807) is 48.8 Å². The van der Waals surface area contributed by atoms with Crippen LogP contribution in [0.2, 0.25) is 0 Å². The maximum Gasteiger partial charge on any atom is 0.231 e. The molecule has 0 saturated heterocycles. The zero-order chi connectivity index (χ0) is 15.5. The number of fused-ring (bicyclic) bond motifs is 1. The molecule has 5 nitrogen and oxygen atoms in total. The summed E-state index contributed by atoms with van der Waals surface area (Å²) < 4.78 is 10.9. The molecule has 0 radical (unpaired) electrons. The summed E-state index contributed by atoms with van der Waals surface area (Å²) >= 11 is 0. The van der Waals surface area contributed by atoms with Gasteiger partial charge in [-0.05, 0) is 42.8 Å². The number of nitrogens with zero attached hydrogens (tertiary/aromatic N) is 1. The highest BCUT2D eigenvalue weighted by atomic mass is 16.5. The van der Waals surface area contributed by atoms with Gasteiger partial charge in [-0.25, -0.2) is 0 Å². The molecule has 3 rings (SSSR count). The summed E-state index contributed by atoms with van der Waals surface area (Å²) in [6.45, 7) is 1.44. The highest BCUT2D eigenvalue weighted by molar-refractivity contribution is 6.14. The van der Waals surface area contributed by atoms with Gasteiger partial charge in [0.1, 0.15) is 18.1 Å². The number of Topliss-reactive ketones (excluding diaryl/α,β-unsaturated/α-hetero) is 2. The molecule has 1 aliphatic heterocycles. The Kier molecular flexibility index (Phi) is 3.70. The Morgan fingerprint density at radius 2 is 2.05 bits per heavy atom. The number of ketones is 2. The summed E-state index contributed by atoms with van der Waals surface area (Å²) in [5.41, 5.74) is 1.31. The number of benzene rings is 1. The van der Waals surface area contributed by atoms with E-state index in [0.29, 0.717) is 17.1 Å². The van der Waals surface area contributed by atoms with Crippen molar-refractivity contribution in [2.75, 3.05) is 6.61 Å². The van der Waals surface area contributed by atoms with E-state index in [9.17, 15) is 9.59 Å². The molecule has 22 heavy (non-hydrogen) atoms. The van der Waals surface area contributed by atoms with Gasteiger partial charge in [-0.1, -0.05) is 0 Å². The number of carbonyl (C=O) groups is 2. The fourth-order valence-electron chi connectivity index (χ4n) is 2.05. The van der Waals surface area contributed by atoms with Gasteiger partial charge < -0.3 is 9.47 Å². The normalized spacial score (nSPS) is 14.6. The number of carbonyl (C=O) groups excluding carboxylic acids is 2. The molecular formula is C17H13NO4. The highest BCUT2D eigenvalue weighted by Crippen LogP contribution is 2.34. The molecule has 1 aromatic heterocycles. The quantitative estimate of drug-likeness (QED) is 0.811. The molecule has 2 aromatic rings. The number of pyridine rings is 1. The fraction of sp³-hybridized carbons (Fsp3) is 0.118. The molecule has 110 valence electrons. The Hall–Kier alpha value is -2.95. The molecule has 1 aliphatic rings. The lowest BCUT2D eigenvalue weighted by Crippen LogP contribution is -2.06. The van der Waals surface area contributed by atoms with Crippen LogP contribution < -0.4 is 9.47 Å². The van der Waals surface area contributed by atoms with Gasteiger partial charge in [0.2, 0.25) is 5.78 Å². The van der Waals surface area contributed by atoms with Crippen LogP contribution in [0.25, 0.3) is 6.08 Å². The lowest BCUT2D eigenvalue weighted by Gasteiger charge is -2.04. The number of hydrogen-bond acceptors (Lipinski definition) is 5. The van der Waals surface area contributed by atoms with Gasteiger partial charge in [-0.15, -0.1) is 0 Å². The second-order valence-corrected chi connectivity index (χ2v) is 4.87. The molecule has 0 aliphatic carbocycles. The second-order valence-electron chi connectivity index (χ2n) is 4.87. The first-order valence-electron chi connectivity index (χ1n) is 6.74. The molecule has 0 fully saturated rings. The molecule has 1 aromatic carbocycles. The van der Waals surface area contributed by atoms with Gasteiger partial charge in [0, 0.05) is 18.5 Å². The zero-order valence-corrected chi connectivity index (χ0v) is 11.9. The van der Waals surface area contributed by atoms with Crippen molar-refractivity contribution < 1.29 is 19.1 Å². The Balaban J connectivity index is 1.84. The van der Waals surface area contributed by atoms with Crippen LogP contribution in [0.15, 0.2) is 48.5 Å². The average molecular weight is 295 g/mol. The first kappa shape index (κ1) is 14.0. The molecule has 0 saturated carbocycles. The first-order chi connectivity index (χ1) is 10.6. The van der Waals surface area contributed by atoms with E-state index in [-0.39, 0.29) is 23.9 Å². The molecule has 5 heteroatoms. The molecule has 0 spiro atoms. The van der Waals surface area contributed by atoms with Crippen molar-refractivity contribution in [2.24, 2.45) is 0 Å². The van der Waals surface area contributed by atoms with Gasteiger partial charge in [0.05, 0.1) is 5.56 Å². The smallest absolute Gasteiger partial charge is 0.231 e. The van der Waals surface area contributed by atoms with Gasteiger partial charge in [0.25, 0.3) is 0 Å². The predicted octanol–water partition coefficient (Wildman–Crippen LogP) is 2.67. The molecule has 2 heterocycles. The molecule has 0 bridgehead atoms. The third kappa shape index (κ3) is 2.88. The van der Waals surface area contributed by atoms with Crippen LogP contribution in [0.5, 0.6) is 11.5 Å². The summed E-state index contributed by atoms with van der Waals surface area (Å²) in [5.74, 6) is 0.934. The predicted molar refractivity (Wildman–Crippen MR) is 79.8 cm³/mol. The van der Waals surface area contributed by atoms with Crippen LogP contribution in [-0.4, -0.2) is 23.2 Å². The van der Waals surface area contributed by atoms with Crippen molar-refractivity contribution in [3.8, 4) is 11.5 Å². The summed E-state index contributed by atoms with van der Waals surface area (Å²) in [4.78, 5) is 27.1. The van der Waals surface area contributed by atoms with Crippen LogP contribution in [0, 0.1) is 0 Å². The number of rotatable bonds is 4. The maximum atomic E-state index is 12.3. The molecule has 0 amide bonds. The van der Waals surface area contributed by atoms with Crippen LogP contribution in [0.4, 0.5) is 0 Å². The van der Waals surface area contributed by atoms with E-state index in [1.165, 1.54) is 6.92 Å². The van der Waals surface area contributed by atoms with Gasteiger partial charge in [-0.2, -0.15) is 0 Å². The molecule has 0 unspecified atom stereocenters. The van der Waals surface area contributed by atoms with Crippen LogP contribution >= 0.6 is 0 Å². The first-order valence-corrected chi connectivity index (χ1v) is 6.74. The summed E-state index contributed by atoms with van der Waals surface area (Å²) in [5, 5.41) is 0. The Labute approximate surface area is 127 Å². The van der Waals surface area contributed by atoms with Gasteiger partial charge in [0.15, 0.2) is 11.5 Å². The van der Waals surface area contributed by atoms with Crippen molar-refractivity contribution in [1.82, 2.24) is 4.98 Å². The monoisotopic (exact) mass is 295 g/mol. The summed E-state index contributed by atoms with van der Waals surface area (Å²) in [6.07, 6.45) is 4.96. The third-order valence-electron chi connectivity index (χ3n) is 3.09. The Bertz CT molecular complexity index is 765. The molecular weight excluding hydrogens is 282 g/mol. The maximum absolute atomic E-state index is 12.3. The lowest BCUT2D eigenvalue weighted by molar-refractivity contribution is -0.118. The van der Waals surface area contributed by atoms with Crippen LogP contribution in [0.3, 0.4) is 0 Å². The van der Waals surface area contributed by atoms with Crippen molar-refractivity contribution in [3.05, 3.63) is 59.6 Å². The Morgan fingerprint density at radius 1 is 1.27 bits per heavy atom. The average Bonchev–Trinajstić information content (AvgIpc) is 2.82. The summed E-state index contributed by atoms with van der Waals surface area (Å²) in [6, 6.07) is 8.48. The van der Waals surface area contributed by atoms with E-state index in [4.69, 9.17) is 9.47 Å². The molecule has 0 atom stereocenters. The van der Waals surface area contributed by atoms with Crippen molar-refractivity contribution >= 4 is 17.6 Å². The number of hydrogen-bond donors (Lipinski definition) is 0. The van der Waals surface area contributed by atoms with Crippen molar-refractivity contribution in [2.45, 2.75) is 6.92 Å². The largest absolute Gasteiger partial charge is 0.486 e. The number of ether oxygens (including phenoxy) is 2. The van der Waals surface area contributed by atoms with Gasteiger partial charge in [-0.3, -0.25) is 14.6 Å². The fourth-order valence-corrected chi connectivity index (χ4v) is 2.05. The number of allylic oxidation sites excluding steroid dienone is 1. The minimum atomic E-state index is -0.176. The standard InChI is InChI=1S/C17H13NO4/c1-11(19)10-21-13-2-3-14-15(9-13)22-16(17(14)20)8-12-4-6-18-7-5-12/h2-9H,10H2,1H3.